The lowest BCUT2D eigenvalue weighted by Gasteiger charge is -2.38. The Morgan fingerprint density at radius 1 is 0.966 bits per heavy atom. The van der Waals surface area contributed by atoms with Crippen molar-refractivity contribution in [3.63, 3.8) is 0 Å². The molecule has 2 amide bonds. The summed E-state index contributed by atoms with van der Waals surface area (Å²) in [7, 11) is 0. The van der Waals surface area contributed by atoms with Crippen molar-refractivity contribution in [2.24, 2.45) is 5.92 Å². The van der Waals surface area contributed by atoms with Gasteiger partial charge >= 0.3 is 0 Å². The van der Waals surface area contributed by atoms with Gasteiger partial charge in [0.2, 0.25) is 5.91 Å². The van der Waals surface area contributed by atoms with E-state index < -0.39 is 0 Å². The Balaban J connectivity index is 1.34. The van der Waals surface area contributed by atoms with Gasteiger partial charge in [-0.25, -0.2) is 0 Å². The van der Waals surface area contributed by atoms with E-state index in [1.165, 1.54) is 12.8 Å². The molecule has 2 aliphatic heterocycles. The summed E-state index contributed by atoms with van der Waals surface area (Å²) in [5, 5.41) is 0. The third-order valence-electron chi connectivity index (χ3n) is 6.23. The van der Waals surface area contributed by atoms with Crippen LogP contribution in [-0.2, 0) is 9.53 Å². The summed E-state index contributed by atoms with van der Waals surface area (Å²) < 4.78 is 6.37. The minimum atomic E-state index is -0.0824. The van der Waals surface area contributed by atoms with E-state index in [9.17, 15) is 9.59 Å². The van der Waals surface area contributed by atoms with Crippen LogP contribution in [-0.4, -0.2) is 42.5 Å². The van der Waals surface area contributed by atoms with Gasteiger partial charge in [-0.3, -0.25) is 9.59 Å². The summed E-state index contributed by atoms with van der Waals surface area (Å²) in [4.78, 5) is 29.0. The van der Waals surface area contributed by atoms with E-state index in [0.717, 1.165) is 24.2 Å². The number of hydrogen-bond acceptors (Lipinski definition) is 3. The topological polar surface area (TPSA) is 49.9 Å². The van der Waals surface area contributed by atoms with E-state index in [1.54, 1.807) is 4.90 Å². The summed E-state index contributed by atoms with van der Waals surface area (Å²) in [5.74, 6) is 0.773. The molecule has 0 spiro atoms. The van der Waals surface area contributed by atoms with Crippen LogP contribution in [0.25, 0.3) is 0 Å². The van der Waals surface area contributed by atoms with Crippen molar-refractivity contribution in [2.45, 2.75) is 37.9 Å². The Bertz CT molecular complexity index is 892. The van der Waals surface area contributed by atoms with Gasteiger partial charge in [-0.15, -0.1) is 0 Å². The Hall–Kier alpha value is -2.66. The van der Waals surface area contributed by atoms with Crippen LogP contribution in [0.4, 0.5) is 5.69 Å². The molecule has 150 valence electrons. The normalized spacial score (nSPS) is 24.8. The number of rotatable bonds is 4. The molecule has 1 aliphatic carbocycles. The molecule has 3 aliphatic rings. The second kappa shape index (κ2) is 7.64. The Labute approximate surface area is 171 Å². The maximum Gasteiger partial charge on any atom is 0.254 e. The van der Waals surface area contributed by atoms with Gasteiger partial charge < -0.3 is 14.5 Å². The lowest BCUT2D eigenvalue weighted by Crippen LogP contribution is -2.47. The van der Waals surface area contributed by atoms with E-state index in [-0.39, 0.29) is 24.0 Å². The van der Waals surface area contributed by atoms with Crippen molar-refractivity contribution in [1.82, 2.24) is 4.90 Å². The number of benzene rings is 2. The highest BCUT2D eigenvalue weighted by atomic mass is 16.5. The molecular weight excluding hydrogens is 364 g/mol. The fourth-order valence-corrected chi connectivity index (χ4v) is 4.42. The van der Waals surface area contributed by atoms with Crippen molar-refractivity contribution in [2.75, 3.05) is 24.5 Å². The highest BCUT2D eigenvalue weighted by molar-refractivity contribution is 5.97. The first-order chi connectivity index (χ1) is 14.2. The smallest absolute Gasteiger partial charge is 0.254 e. The van der Waals surface area contributed by atoms with E-state index >= 15 is 0 Å². The molecule has 3 fully saturated rings. The molecule has 2 aromatic rings. The molecule has 2 saturated heterocycles. The third kappa shape index (κ3) is 3.79. The molecule has 0 bridgehead atoms. The minimum Gasteiger partial charge on any atom is -0.366 e. The summed E-state index contributed by atoms with van der Waals surface area (Å²) in [6.07, 6.45) is 3.91. The van der Waals surface area contributed by atoms with Gasteiger partial charge in [0.15, 0.2) is 0 Å². The van der Waals surface area contributed by atoms with Crippen molar-refractivity contribution in [1.29, 1.82) is 0 Å². The van der Waals surface area contributed by atoms with Crippen LogP contribution < -0.4 is 4.90 Å². The van der Waals surface area contributed by atoms with Gasteiger partial charge in [-0.05, 0) is 55.0 Å². The molecule has 5 rings (SSSR count). The molecule has 1 saturated carbocycles. The van der Waals surface area contributed by atoms with Crippen molar-refractivity contribution in [3.8, 4) is 0 Å². The Morgan fingerprint density at radius 2 is 1.72 bits per heavy atom. The number of hydrogen-bond donors (Lipinski definition) is 0. The van der Waals surface area contributed by atoms with Crippen LogP contribution in [0.3, 0.4) is 0 Å². The quantitative estimate of drug-likeness (QED) is 0.798. The molecule has 5 nitrogen and oxygen atoms in total. The van der Waals surface area contributed by atoms with Gasteiger partial charge in [0, 0.05) is 30.8 Å². The first-order valence-electron chi connectivity index (χ1n) is 10.6. The van der Waals surface area contributed by atoms with Crippen LogP contribution in [0.15, 0.2) is 54.6 Å². The summed E-state index contributed by atoms with van der Waals surface area (Å²) in [5.41, 5.74) is 2.67. The van der Waals surface area contributed by atoms with E-state index in [1.807, 2.05) is 47.4 Å². The van der Waals surface area contributed by atoms with Crippen molar-refractivity contribution in [3.05, 3.63) is 65.7 Å². The molecular formula is C24H26N2O3. The zero-order valence-corrected chi connectivity index (χ0v) is 16.5. The van der Waals surface area contributed by atoms with Crippen molar-refractivity contribution < 1.29 is 14.3 Å². The Morgan fingerprint density at radius 3 is 2.38 bits per heavy atom. The van der Waals surface area contributed by atoms with Crippen molar-refractivity contribution >= 4 is 17.5 Å². The molecule has 5 heteroatoms. The van der Waals surface area contributed by atoms with Gasteiger partial charge in [-0.1, -0.05) is 30.3 Å². The first-order valence-corrected chi connectivity index (χ1v) is 10.6. The first kappa shape index (κ1) is 18.4. The SMILES string of the molecule is O=C(c1ccc(N2CCCC2=O)cc1)N1C[C@@H](c2ccccc2)O[C@@H](C2CC2)C1. The second-order valence-electron chi connectivity index (χ2n) is 8.32. The standard InChI is InChI=1S/C24H26N2O3/c27-23-7-4-14-26(23)20-12-10-19(11-13-20)24(28)25-15-21(17-5-2-1-3-6-17)29-22(16-25)18-8-9-18/h1-3,5-6,10-13,18,21-22H,4,7-9,14-16H2/t21-,22+/m0/s1. The number of morpholine rings is 1. The Kier molecular flexibility index (Phi) is 4.84. The molecule has 2 heterocycles. The number of carbonyl (C=O) groups excluding carboxylic acids is 2. The number of amides is 2. The van der Waals surface area contributed by atoms with E-state index in [2.05, 4.69) is 12.1 Å². The zero-order chi connectivity index (χ0) is 19.8. The maximum absolute atomic E-state index is 13.3. The lowest BCUT2D eigenvalue weighted by molar-refractivity contribution is -0.117. The molecule has 0 aromatic heterocycles. The van der Waals surface area contributed by atoms with E-state index in [0.29, 0.717) is 31.0 Å². The number of anilines is 1. The van der Waals surface area contributed by atoms with Crippen LogP contribution in [0, 0.1) is 5.92 Å². The molecule has 0 radical (unpaired) electrons. The third-order valence-corrected chi connectivity index (χ3v) is 6.23. The largest absolute Gasteiger partial charge is 0.366 e. The summed E-state index contributed by atoms with van der Waals surface area (Å²) >= 11 is 0. The average molecular weight is 390 g/mol. The zero-order valence-electron chi connectivity index (χ0n) is 16.5. The predicted molar refractivity (Wildman–Crippen MR) is 111 cm³/mol. The monoisotopic (exact) mass is 390 g/mol. The minimum absolute atomic E-state index is 0.0409. The maximum atomic E-state index is 13.3. The van der Waals surface area contributed by atoms with Gasteiger partial charge in [-0.2, -0.15) is 0 Å². The van der Waals surface area contributed by atoms with Crippen LogP contribution in [0.2, 0.25) is 0 Å². The van der Waals surface area contributed by atoms with Crippen LogP contribution >= 0.6 is 0 Å². The van der Waals surface area contributed by atoms with Gasteiger partial charge in [0.05, 0.1) is 12.6 Å². The molecule has 0 unspecified atom stereocenters. The van der Waals surface area contributed by atoms with Gasteiger partial charge in [0.25, 0.3) is 5.91 Å². The number of ether oxygens (including phenoxy) is 1. The van der Waals surface area contributed by atoms with Crippen LogP contribution in [0.5, 0.6) is 0 Å². The van der Waals surface area contributed by atoms with Gasteiger partial charge in [0.1, 0.15) is 6.10 Å². The summed E-state index contributed by atoms with van der Waals surface area (Å²) in [6, 6.07) is 17.7. The molecule has 2 aromatic carbocycles. The second-order valence-corrected chi connectivity index (χ2v) is 8.32. The highest BCUT2D eigenvalue weighted by Crippen LogP contribution is 2.39. The summed E-state index contributed by atoms with van der Waals surface area (Å²) in [6.45, 7) is 1.98. The lowest BCUT2D eigenvalue weighted by atomic mass is 10.0. The number of nitrogens with zero attached hydrogens (tertiary/aromatic N) is 2. The molecule has 0 N–H and O–H groups in total. The van der Waals surface area contributed by atoms with E-state index in [4.69, 9.17) is 4.74 Å². The predicted octanol–water partition coefficient (Wildman–Crippen LogP) is 3.81. The number of carbonyl (C=O) groups is 2. The highest BCUT2D eigenvalue weighted by Gasteiger charge is 2.40. The molecule has 2 atom stereocenters. The fraction of sp³-hybridized carbons (Fsp3) is 0.417. The fourth-order valence-electron chi connectivity index (χ4n) is 4.42. The van der Waals surface area contributed by atoms with Crippen LogP contribution in [0.1, 0.15) is 47.7 Å². The molecule has 29 heavy (non-hydrogen) atoms. The average Bonchev–Trinajstić information content (AvgIpc) is 3.54.